The lowest BCUT2D eigenvalue weighted by molar-refractivity contribution is 0.0994. The molecule has 1 aromatic carbocycles. The summed E-state index contributed by atoms with van der Waals surface area (Å²) in [6.07, 6.45) is -0.288. The number of benzene rings is 1. The van der Waals surface area contributed by atoms with Crippen LogP contribution in [0.15, 0.2) is 26.5 Å². The molecule has 1 aromatic heterocycles. The Morgan fingerprint density at radius 2 is 2.00 bits per heavy atom. The van der Waals surface area contributed by atoms with Crippen molar-refractivity contribution in [1.29, 1.82) is 0 Å². The number of carbonyl (C=O) groups is 1. The molecule has 100 valence electrons. The lowest BCUT2D eigenvalue weighted by Crippen LogP contribution is -2.06. The second kappa shape index (κ2) is 5.81. The third-order valence-corrected chi connectivity index (χ3v) is 5.40. The van der Waals surface area contributed by atoms with Crippen LogP contribution in [0, 0.1) is 18.6 Å². The number of hydrogen-bond donors (Lipinski definition) is 0. The van der Waals surface area contributed by atoms with Gasteiger partial charge in [0.25, 0.3) is 0 Å². The van der Waals surface area contributed by atoms with E-state index < -0.39 is 11.6 Å². The van der Waals surface area contributed by atoms with E-state index in [0.29, 0.717) is 4.88 Å². The van der Waals surface area contributed by atoms with Gasteiger partial charge in [0, 0.05) is 12.0 Å². The van der Waals surface area contributed by atoms with Gasteiger partial charge >= 0.3 is 0 Å². The molecule has 1 nitrogen and oxygen atoms in total. The lowest BCUT2D eigenvalue weighted by atomic mass is 10.1. The van der Waals surface area contributed by atoms with Crippen molar-refractivity contribution < 1.29 is 13.6 Å². The number of halogens is 4. The Morgan fingerprint density at radius 3 is 2.58 bits per heavy atom. The van der Waals surface area contributed by atoms with Gasteiger partial charge in [0.2, 0.25) is 0 Å². The molecule has 0 atom stereocenters. The van der Waals surface area contributed by atoms with Crippen LogP contribution in [-0.4, -0.2) is 5.78 Å². The second-order valence-electron chi connectivity index (χ2n) is 3.99. The molecule has 0 bridgehead atoms. The summed E-state index contributed by atoms with van der Waals surface area (Å²) in [7, 11) is 0. The van der Waals surface area contributed by atoms with Crippen molar-refractivity contribution in [3.05, 3.63) is 54.1 Å². The van der Waals surface area contributed by atoms with Crippen molar-refractivity contribution >= 4 is 49.0 Å². The number of thiophene rings is 1. The standard InChI is InChI=1S/C13H8Br2F2OS/c1-6-4-11(19-13(6)15)10(18)5-7-9(16)3-2-8(14)12(7)17/h2-4H,5H2,1H3. The van der Waals surface area contributed by atoms with Gasteiger partial charge in [-0.05, 0) is 62.5 Å². The summed E-state index contributed by atoms with van der Waals surface area (Å²) >= 11 is 7.57. The van der Waals surface area contributed by atoms with E-state index in [2.05, 4.69) is 31.9 Å². The highest BCUT2D eigenvalue weighted by Crippen LogP contribution is 2.29. The van der Waals surface area contributed by atoms with E-state index in [1.165, 1.54) is 17.4 Å². The van der Waals surface area contributed by atoms with Crippen LogP contribution >= 0.6 is 43.2 Å². The molecule has 0 saturated heterocycles. The molecule has 0 radical (unpaired) electrons. The third kappa shape index (κ3) is 3.12. The molecule has 0 saturated carbocycles. The molecule has 0 aliphatic rings. The monoisotopic (exact) mass is 408 g/mol. The molecular weight excluding hydrogens is 402 g/mol. The summed E-state index contributed by atoms with van der Waals surface area (Å²) < 4.78 is 28.4. The summed E-state index contributed by atoms with van der Waals surface area (Å²) in [6.45, 7) is 1.86. The van der Waals surface area contributed by atoms with Crippen molar-refractivity contribution in [2.75, 3.05) is 0 Å². The summed E-state index contributed by atoms with van der Waals surface area (Å²) in [5.74, 6) is -1.73. The van der Waals surface area contributed by atoms with E-state index >= 15 is 0 Å². The molecule has 0 unspecified atom stereocenters. The molecule has 0 aliphatic carbocycles. The van der Waals surface area contributed by atoms with Crippen LogP contribution < -0.4 is 0 Å². The van der Waals surface area contributed by atoms with Crippen molar-refractivity contribution in [3.63, 3.8) is 0 Å². The summed E-state index contributed by atoms with van der Waals surface area (Å²) in [4.78, 5) is 12.5. The average molecular weight is 410 g/mol. The third-order valence-electron chi connectivity index (χ3n) is 2.61. The van der Waals surface area contributed by atoms with Gasteiger partial charge < -0.3 is 0 Å². The van der Waals surface area contributed by atoms with E-state index in [0.717, 1.165) is 15.4 Å². The average Bonchev–Trinajstić information content (AvgIpc) is 2.70. The van der Waals surface area contributed by atoms with Crippen molar-refractivity contribution in [2.24, 2.45) is 0 Å². The van der Waals surface area contributed by atoms with Gasteiger partial charge in [0.15, 0.2) is 5.78 Å². The number of aryl methyl sites for hydroxylation is 1. The molecular formula is C13H8Br2F2OS. The van der Waals surface area contributed by atoms with Crippen molar-refractivity contribution in [3.8, 4) is 0 Å². The predicted molar refractivity (Wildman–Crippen MR) is 78.8 cm³/mol. The fraction of sp³-hybridized carbons (Fsp3) is 0.154. The van der Waals surface area contributed by atoms with Crippen molar-refractivity contribution in [2.45, 2.75) is 13.3 Å². The summed E-state index contributed by atoms with van der Waals surface area (Å²) in [5.41, 5.74) is 0.727. The highest BCUT2D eigenvalue weighted by molar-refractivity contribution is 9.11. The topological polar surface area (TPSA) is 17.1 Å². The second-order valence-corrected chi connectivity index (χ2v) is 7.21. The van der Waals surface area contributed by atoms with Gasteiger partial charge in [-0.15, -0.1) is 11.3 Å². The Balaban J connectivity index is 2.31. The Bertz CT molecular complexity index is 633. The van der Waals surface area contributed by atoms with Crippen LogP contribution in [0.1, 0.15) is 20.8 Å². The lowest BCUT2D eigenvalue weighted by Gasteiger charge is -2.05. The van der Waals surface area contributed by atoms with E-state index in [4.69, 9.17) is 0 Å². The van der Waals surface area contributed by atoms with E-state index in [1.54, 1.807) is 6.07 Å². The molecule has 1 heterocycles. The Morgan fingerprint density at radius 1 is 1.32 bits per heavy atom. The largest absolute Gasteiger partial charge is 0.293 e. The molecule has 0 spiro atoms. The van der Waals surface area contributed by atoms with Crippen LogP contribution in [0.2, 0.25) is 0 Å². The summed E-state index contributed by atoms with van der Waals surface area (Å²) in [6, 6.07) is 4.14. The highest BCUT2D eigenvalue weighted by atomic mass is 79.9. The van der Waals surface area contributed by atoms with Crippen LogP contribution in [-0.2, 0) is 6.42 Å². The van der Waals surface area contributed by atoms with Gasteiger partial charge in [-0.1, -0.05) is 0 Å². The first-order valence-electron chi connectivity index (χ1n) is 5.31. The van der Waals surface area contributed by atoms with Crippen LogP contribution in [0.4, 0.5) is 8.78 Å². The Hall–Kier alpha value is -0.590. The first-order valence-corrected chi connectivity index (χ1v) is 7.72. The van der Waals surface area contributed by atoms with Crippen molar-refractivity contribution in [1.82, 2.24) is 0 Å². The zero-order valence-corrected chi connectivity index (χ0v) is 13.8. The molecule has 0 aliphatic heterocycles. The first-order chi connectivity index (χ1) is 8.90. The van der Waals surface area contributed by atoms with E-state index in [9.17, 15) is 13.6 Å². The fourth-order valence-corrected chi connectivity index (χ4v) is 3.42. The minimum Gasteiger partial charge on any atom is -0.293 e. The maximum Gasteiger partial charge on any atom is 0.177 e. The van der Waals surface area contributed by atoms with Gasteiger partial charge in [-0.25, -0.2) is 8.78 Å². The molecule has 0 amide bonds. The minimum absolute atomic E-state index is 0.153. The quantitative estimate of drug-likeness (QED) is 0.497. The van der Waals surface area contributed by atoms with Crippen LogP contribution in [0.25, 0.3) is 0 Å². The number of ketones is 1. The van der Waals surface area contributed by atoms with Crippen LogP contribution in [0.5, 0.6) is 0 Å². The Labute approximate surface area is 129 Å². The van der Waals surface area contributed by atoms with Crippen LogP contribution in [0.3, 0.4) is 0 Å². The summed E-state index contributed by atoms with van der Waals surface area (Å²) in [5, 5.41) is 0. The van der Waals surface area contributed by atoms with Gasteiger partial charge in [-0.2, -0.15) is 0 Å². The maximum atomic E-state index is 13.8. The molecule has 6 heteroatoms. The number of rotatable bonds is 3. The molecule has 0 N–H and O–H groups in total. The zero-order chi connectivity index (χ0) is 14.2. The molecule has 19 heavy (non-hydrogen) atoms. The molecule has 0 fully saturated rings. The number of hydrogen-bond acceptors (Lipinski definition) is 2. The normalized spacial score (nSPS) is 10.8. The fourth-order valence-electron chi connectivity index (χ4n) is 1.58. The highest BCUT2D eigenvalue weighted by Gasteiger charge is 2.18. The zero-order valence-electron chi connectivity index (χ0n) is 9.77. The number of Topliss-reactive ketones (excluding diaryl/α,β-unsaturated/α-hetero) is 1. The minimum atomic E-state index is -0.722. The maximum absolute atomic E-state index is 13.8. The number of carbonyl (C=O) groups excluding carboxylic acids is 1. The van der Waals surface area contributed by atoms with Gasteiger partial charge in [-0.3, -0.25) is 4.79 Å². The SMILES string of the molecule is Cc1cc(C(=O)Cc2c(F)ccc(Br)c2F)sc1Br. The van der Waals surface area contributed by atoms with Gasteiger partial charge in [0.1, 0.15) is 11.6 Å². The smallest absolute Gasteiger partial charge is 0.177 e. The van der Waals surface area contributed by atoms with E-state index in [1.807, 2.05) is 6.92 Å². The van der Waals surface area contributed by atoms with Gasteiger partial charge in [0.05, 0.1) is 13.1 Å². The van der Waals surface area contributed by atoms with E-state index in [-0.39, 0.29) is 22.2 Å². The molecule has 2 aromatic rings. The first kappa shape index (κ1) is 14.8. The Kier molecular flexibility index (Phi) is 4.53. The molecule has 2 rings (SSSR count). The predicted octanol–water partition coefficient (Wildman–Crippen LogP) is 5.29.